The Morgan fingerprint density at radius 3 is 1.77 bits per heavy atom. The Balaban J connectivity index is 0.736. The van der Waals surface area contributed by atoms with Crippen LogP contribution in [0.4, 0.5) is 0 Å². The first-order valence-electron chi connectivity index (χ1n) is 24.5. The Morgan fingerprint density at radius 2 is 1.23 bits per heavy atom. The Hall–Kier alpha value is -1.47. The summed E-state index contributed by atoms with van der Waals surface area (Å²) in [5.41, 5.74) is -1.95. The molecule has 19 heteroatoms. The molecule has 376 valence electrons. The molecule has 19 nitrogen and oxygen atoms in total. The van der Waals surface area contributed by atoms with E-state index in [0.717, 1.165) is 32.1 Å². The topological polar surface area (TPSA) is 282 Å². The number of allylic oxidation sites excluding steroid dienone is 1. The predicted octanol–water partition coefficient (Wildman–Crippen LogP) is 0.390. The van der Waals surface area contributed by atoms with Crippen LogP contribution in [0.1, 0.15) is 112 Å². The number of fused-ring (bicyclic) bond motifs is 5. The highest BCUT2D eigenvalue weighted by atomic mass is 16.8. The lowest BCUT2D eigenvalue weighted by Gasteiger charge is -2.65. The first kappa shape index (κ1) is 49.5. The second kappa shape index (κ2) is 18.9. The number of hydrogen-bond donors (Lipinski definition) is 9. The number of aliphatic hydroxyl groups is 9. The van der Waals surface area contributed by atoms with Crippen molar-refractivity contribution in [2.75, 3.05) is 6.61 Å². The van der Waals surface area contributed by atoms with Gasteiger partial charge in [-0.05, 0) is 101 Å². The van der Waals surface area contributed by atoms with Crippen molar-refractivity contribution in [3.05, 3.63) is 11.8 Å². The summed E-state index contributed by atoms with van der Waals surface area (Å²) in [6, 6.07) is 0. The van der Waals surface area contributed by atoms with Crippen molar-refractivity contribution < 1.29 is 93.4 Å². The van der Waals surface area contributed by atoms with Crippen LogP contribution in [-0.2, 0) is 47.4 Å². The number of cyclic esters (lactones) is 1. The molecule has 9 rings (SSSR count). The second-order valence-corrected chi connectivity index (χ2v) is 21.6. The van der Waals surface area contributed by atoms with E-state index in [1.54, 1.807) is 13.8 Å². The molecule has 0 aromatic carbocycles. The highest BCUT2D eigenvalue weighted by Crippen LogP contribution is 2.70. The average Bonchev–Trinajstić information content (AvgIpc) is 3.82. The Bertz CT molecular complexity index is 1720. The van der Waals surface area contributed by atoms with E-state index in [4.69, 9.17) is 42.6 Å². The maximum atomic E-state index is 12.6. The molecule has 0 spiro atoms. The van der Waals surface area contributed by atoms with Crippen molar-refractivity contribution >= 4 is 5.97 Å². The molecule has 0 radical (unpaired) electrons. The molecule has 4 saturated heterocycles. The number of hydrogen-bond acceptors (Lipinski definition) is 19. The average molecular weight is 943 g/mol. The SMILES string of the molecule is C[C@H]1OC(O[C@H]2CC[C@]3(C)C4C[C@@H](O)[C@@]5(C)[C@H](C6=CCC(=O)O6)CC[C@]5(O)[C@@H]4CC[C@@H]3C2)C[C@H](O)[C@@H]1O[C@H]1C[C@H](O)[C@H](O[C@H]2C[C@H](O)[C@H](O[C@H]3O[C@H](CO)[C@@H](O)[C@H](O)[C@H]3O)[C@@H](C)O2)[C@@H](C)O1. The van der Waals surface area contributed by atoms with E-state index < -0.39 is 128 Å². The highest BCUT2D eigenvalue weighted by Gasteiger charge is 2.71. The standard InChI is InChI=1S/C47H74O19/c1-20-41(64-36-17-29(50)42(21(2)59-36)65-37-18-30(51)43(22(3)60-37)66-44-40(56)39(55)38(54)32(19-48)63-44)28(49)16-35(58-20)61-24-10-12-45(4)23(14-24)6-7-25-27(45)15-33(52)46(5)26(11-13-47(25,46)57)31-8-9-34(53)62-31/h8,20-30,32-33,35-44,48-52,54-57H,6-7,9-19H2,1-5H3/t20-,21-,22-,23-,24+,25-,26+,27?,28+,29+,30+,32-,33-,35?,36+,37+,38-,39+,40-,41-,42-,43-,44-,45+,46-,47+/m1/s1. The van der Waals surface area contributed by atoms with Gasteiger partial charge in [0.25, 0.3) is 0 Å². The first-order chi connectivity index (χ1) is 31.2. The third kappa shape index (κ3) is 8.64. The van der Waals surface area contributed by atoms with E-state index in [0.29, 0.717) is 30.9 Å². The molecule has 9 N–H and O–H groups in total. The molecule has 26 atom stereocenters. The summed E-state index contributed by atoms with van der Waals surface area (Å²) >= 11 is 0. The van der Waals surface area contributed by atoms with Gasteiger partial charge < -0.3 is 88.6 Å². The van der Waals surface area contributed by atoms with E-state index >= 15 is 0 Å². The zero-order chi connectivity index (χ0) is 47.2. The fraction of sp³-hybridized carbons (Fsp3) is 0.936. The fourth-order valence-electron chi connectivity index (χ4n) is 14.2. The summed E-state index contributed by atoms with van der Waals surface area (Å²) in [4.78, 5) is 12.0. The minimum atomic E-state index is -1.65. The Labute approximate surface area is 385 Å². The molecule has 0 bridgehead atoms. The molecule has 0 aromatic heterocycles. The number of esters is 1. The summed E-state index contributed by atoms with van der Waals surface area (Å²) in [6.07, 6.45) is -10.4. The van der Waals surface area contributed by atoms with Gasteiger partial charge in [0.15, 0.2) is 25.2 Å². The molecule has 5 aliphatic heterocycles. The van der Waals surface area contributed by atoms with Crippen LogP contribution in [0.15, 0.2) is 11.8 Å². The van der Waals surface area contributed by atoms with Crippen molar-refractivity contribution in [2.24, 2.45) is 34.5 Å². The molecule has 0 aromatic rings. The highest BCUT2D eigenvalue weighted by molar-refractivity contribution is 5.75. The number of rotatable bonds is 10. The van der Waals surface area contributed by atoms with Crippen LogP contribution in [0.3, 0.4) is 0 Å². The molecule has 5 heterocycles. The van der Waals surface area contributed by atoms with Gasteiger partial charge in [-0.2, -0.15) is 0 Å². The van der Waals surface area contributed by atoms with Crippen molar-refractivity contribution in [2.45, 2.75) is 234 Å². The van der Waals surface area contributed by atoms with Crippen LogP contribution >= 0.6 is 0 Å². The van der Waals surface area contributed by atoms with E-state index in [2.05, 4.69) is 6.92 Å². The molecule has 0 amide bonds. The van der Waals surface area contributed by atoms with Crippen LogP contribution < -0.4 is 0 Å². The van der Waals surface area contributed by atoms with Crippen molar-refractivity contribution in [1.29, 1.82) is 0 Å². The number of carbonyl (C=O) groups is 1. The van der Waals surface area contributed by atoms with Crippen LogP contribution in [0.2, 0.25) is 0 Å². The summed E-state index contributed by atoms with van der Waals surface area (Å²) < 4.78 is 54.3. The molecular formula is C47H74O19. The zero-order valence-electron chi connectivity index (χ0n) is 38.7. The molecule has 66 heavy (non-hydrogen) atoms. The smallest absolute Gasteiger partial charge is 0.314 e. The van der Waals surface area contributed by atoms with Gasteiger partial charge in [0.05, 0.1) is 67.5 Å². The molecule has 9 aliphatic rings. The summed E-state index contributed by atoms with van der Waals surface area (Å²) in [7, 11) is 0. The molecule has 8 fully saturated rings. The van der Waals surface area contributed by atoms with Crippen molar-refractivity contribution in [3.8, 4) is 0 Å². The van der Waals surface area contributed by atoms with E-state index in [1.807, 2.05) is 19.9 Å². The van der Waals surface area contributed by atoms with Crippen LogP contribution in [0.25, 0.3) is 0 Å². The minimum absolute atomic E-state index is 0.0182. The maximum absolute atomic E-state index is 12.6. The maximum Gasteiger partial charge on any atom is 0.314 e. The zero-order valence-corrected chi connectivity index (χ0v) is 38.7. The molecule has 4 aliphatic carbocycles. The lowest BCUT2D eigenvalue weighted by Crippen LogP contribution is -2.67. The number of ether oxygens (including phenoxy) is 9. The van der Waals surface area contributed by atoms with Gasteiger partial charge in [-0.1, -0.05) is 13.8 Å². The Kier molecular flexibility index (Phi) is 14.2. The Morgan fingerprint density at radius 1 is 0.652 bits per heavy atom. The van der Waals surface area contributed by atoms with Crippen molar-refractivity contribution in [3.63, 3.8) is 0 Å². The quantitative estimate of drug-likeness (QED) is 0.106. The summed E-state index contributed by atoms with van der Waals surface area (Å²) in [5, 5.41) is 98.4. The van der Waals surface area contributed by atoms with E-state index in [1.165, 1.54) is 0 Å². The monoisotopic (exact) mass is 942 g/mol. The summed E-state index contributed by atoms with van der Waals surface area (Å²) in [5.74, 6) is 0.637. The van der Waals surface area contributed by atoms with Gasteiger partial charge in [0.2, 0.25) is 0 Å². The van der Waals surface area contributed by atoms with Gasteiger partial charge in [0.1, 0.15) is 48.5 Å². The summed E-state index contributed by atoms with van der Waals surface area (Å²) in [6.45, 7) is 8.85. The minimum Gasteiger partial charge on any atom is -0.431 e. The second-order valence-electron chi connectivity index (χ2n) is 21.6. The largest absolute Gasteiger partial charge is 0.431 e. The number of carbonyl (C=O) groups excluding carboxylic acids is 1. The van der Waals surface area contributed by atoms with Crippen LogP contribution in [0.5, 0.6) is 0 Å². The van der Waals surface area contributed by atoms with Gasteiger partial charge in [-0.15, -0.1) is 0 Å². The lowest BCUT2D eigenvalue weighted by molar-refractivity contribution is -0.355. The lowest BCUT2D eigenvalue weighted by atomic mass is 9.42. The van der Waals surface area contributed by atoms with Crippen LogP contribution in [0, 0.1) is 34.5 Å². The normalized spacial score (nSPS) is 55.3. The predicted molar refractivity (Wildman–Crippen MR) is 225 cm³/mol. The van der Waals surface area contributed by atoms with Gasteiger partial charge in [-0.3, -0.25) is 4.79 Å². The van der Waals surface area contributed by atoms with Gasteiger partial charge in [-0.25, -0.2) is 0 Å². The third-order valence-electron chi connectivity index (χ3n) is 18.0. The van der Waals surface area contributed by atoms with Crippen LogP contribution in [-0.4, -0.2) is 181 Å². The molecular weight excluding hydrogens is 868 g/mol. The van der Waals surface area contributed by atoms with Gasteiger partial charge in [0, 0.05) is 30.6 Å². The first-order valence-corrected chi connectivity index (χ1v) is 24.5. The molecule has 4 saturated carbocycles. The van der Waals surface area contributed by atoms with E-state index in [9.17, 15) is 50.8 Å². The fourth-order valence-corrected chi connectivity index (χ4v) is 14.2. The third-order valence-corrected chi connectivity index (χ3v) is 18.0. The van der Waals surface area contributed by atoms with Gasteiger partial charge >= 0.3 is 5.97 Å². The van der Waals surface area contributed by atoms with Crippen molar-refractivity contribution in [1.82, 2.24) is 0 Å². The number of aliphatic hydroxyl groups excluding tert-OH is 8. The van der Waals surface area contributed by atoms with E-state index in [-0.39, 0.29) is 60.9 Å². The molecule has 2 unspecified atom stereocenters.